The van der Waals surface area contributed by atoms with Gasteiger partial charge in [-0.3, -0.25) is 4.79 Å². The zero-order valence-corrected chi connectivity index (χ0v) is 14.7. The summed E-state index contributed by atoms with van der Waals surface area (Å²) in [6.45, 7) is 0.192. The van der Waals surface area contributed by atoms with Crippen LogP contribution in [0.4, 0.5) is 0 Å². The summed E-state index contributed by atoms with van der Waals surface area (Å²) in [6, 6.07) is 7.16. The molecule has 23 heavy (non-hydrogen) atoms. The van der Waals surface area contributed by atoms with Crippen LogP contribution in [-0.4, -0.2) is 58.0 Å². The van der Waals surface area contributed by atoms with Gasteiger partial charge in [-0.25, -0.2) is 4.79 Å². The lowest BCUT2D eigenvalue weighted by Gasteiger charge is -2.24. The molecule has 7 heteroatoms. The van der Waals surface area contributed by atoms with E-state index in [0.717, 1.165) is 17.1 Å². The fourth-order valence-electron chi connectivity index (χ4n) is 2.20. The van der Waals surface area contributed by atoms with Crippen LogP contribution in [0, 0.1) is 0 Å². The number of carboxylic acid groups (broad SMARTS) is 1. The average Bonchev–Trinajstić information content (AvgIpc) is 2.55. The number of rotatable bonds is 7. The molecule has 1 amide bonds. The number of carbonyl (C=O) groups is 2. The van der Waals surface area contributed by atoms with Crippen LogP contribution in [0.1, 0.15) is 12.0 Å². The maximum atomic E-state index is 12.3. The molecule has 2 rings (SSSR count). The van der Waals surface area contributed by atoms with Crippen molar-refractivity contribution in [3.8, 4) is 5.75 Å². The maximum absolute atomic E-state index is 12.3. The van der Waals surface area contributed by atoms with Crippen LogP contribution in [0.5, 0.6) is 5.75 Å². The van der Waals surface area contributed by atoms with Crippen LogP contribution < -0.4 is 4.74 Å². The Hall–Kier alpha value is -1.34. The topological polar surface area (TPSA) is 66.8 Å². The highest BCUT2D eigenvalue weighted by molar-refractivity contribution is 8.06. The van der Waals surface area contributed by atoms with Crippen LogP contribution in [-0.2, 0) is 16.1 Å². The SMILES string of the molecule is CN(Cc1ccc(OCC(=O)O)cc1)C(=O)CC1CSCCS1. The van der Waals surface area contributed by atoms with Crippen LogP contribution in [0.3, 0.4) is 0 Å². The summed E-state index contributed by atoms with van der Waals surface area (Å²) < 4.78 is 5.09. The number of carbonyl (C=O) groups excluding carboxylic acids is 1. The van der Waals surface area contributed by atoms with Crippen LogP contribution in [0.25, 0.3) is 0 Å². The van der Waals surface area contributed by atoms with Gasteiger partial charge >= 0.3 is 5.97 Å². The van der Waals surface area contributed by atoms with Crippen LogP contribution in [0.15, 0.2) is 24.3 Å². The molecule has 1 unspecified atom stereocenters. The smallest absolute Gasteiger partial charge is 0.341 e. The molecule has 1 aliphatic rings. The second-order valence-electron chi connectivity index (χ2n) is 5.35. The van der Waals surface area contributed by atoms with Gasteiger partial charge in [-0.15, -0.1) is 0 Å². The molecular formula is C16H21NO4S2. The minimum Gasteiger partial charge on any atom is -0.482 e. The Labute approximate surface area is 144 Å². The molecule has 1 fully saturated rings. The molecule has 0 spiro atoms. The summed E-state index contributed by atoms with van der Waals surface area (Å²) in [7, 11) is 1.82. The summed E-state index contributed by atoms with van der Waals surface area (Å²) >= 11 is 3.81. The molecule has 1 heterocycles. The van der Waals surface area contributed by atoms with E-state index in [4.69, 9.17) is 9.84 Å². The predicted octanol–water partition coefficient (Wildman–Crippen LogP) is 2.35. The third-order valence-corrected chi connectivity index (χ3v) is 6.26. The molecule has 5 nitrogen and oxygen atoms in total. The van der Waals surface area contributed by atoms with Crippen molar-refractivity contribution in [2.45, 2.75) is 18.2 Å². The summed E-state index contributed by atoms with van der Waals surface area (Å²) in [5.41, 5.74) is 0.995. The number of benzene rings is 1. The highest BCUT2D eigenvalue weighted by Crippen LogP contribution is 2.26. The number of nitrogens with zero attached hydrogens (tertiary/aromatic N) is 1. The van der Waals surface area contributed by atoms with Gasteiger partial charge in [0.15, 0.2) is 6.61 Å². The van der Waals surface area contributed by atoms with E-state index >= 15 is 0 Å². The quantitative estimate of drug-likeness (QED) is 0.810. The van der Waals surface area contributed by atoms with Gasteiger partial charge in [-0.2, -0.15) is 23.5 Å². The highest BCUT2D eigenvalue weighted by atomic mass is 32.2. The Morgan fingerprint density at radius 2 is 2.04 bits per heavy atom. The minimum atomic E-state index is -1.00. The van der Waals surface area contributed by atoms with Crippen molar-refractivity contribution in [1.29, 1.82) is 0 Å². The summed E-state index contributed by atoms with van der Waals surface area (Å²) in [6.07, 6.45) is 0.591. The normalized spacial score (nSPS) is 17.5. The molecule has 1 aliphatic heterocycles. The first kappa shape index (κ1) is 18.0. The number of amides is 1. The molecule has 0 aromatic heterocycles. The van der Waals surface area contributed by atoms with E-state index in [9.17, 15) is 9.59 Å². The van der Waals surface area contributed by atoms with Crippen molar-refractivity contribution in [2.75, 3.05) is 30.9 Å². The standard InChI is InChI=1S/C16H21NO4S2/c1-17(15(18)8-14-11-22-6-7-23-14)9-12-2-4-13(5-3-12)21-10-16(19)20/h2-5,14H,6-11H2,1H3,(H,19,20). The van der Waals surface area contributed by atoms with E-state index < -0.39 is 5.97 Å². The van der Waals surface area contributed by atoms with Crippen molar-refractivity contribution in [2.24, 2.45) is 0 Å². The van der Waals surface area contributed by atoms with E-state index in [1.807, 2.05) is 42.7 Å². The number of carboxylic acids is 1. The molecule has 0 radical (unpaired) electrons. The van der Waals surface area contributed by atoms with Gasteiger partial charge in [0.25, 0.3) is 0 Å². The van der Waals surface area contributed by atoms with E-state index in [0.29, 0.717) is 24.0 Å². The van der Waals surface area contributed by atoms with E-state index in [-0.39, 0.29) is 12.5 Å². The zero-order chi connectivity index (χ0) is 16.7. The predicted molar refractivity (Wildman–Crippen MR) is 94.2 cm³/mol. The molecule has 0 bridgehead atoms. The number of aliphatic carboxylic acids is 1. The number of hydrogen-bond donors (Lipinski definition) is 1. The summed E-state index contributed by atoms with van der Waals surface area (Å²) in [5, 5.41) is 9.00. The number of ether oxygens (including phenoxy) is 1. The van der Waals surface area contributed by atoms with Crippen LogP contribution >= 0.6 is 23.5 Å². The van der Waals surface area contributed by atoms with E-state index in [1.165, 1.54) is 5.75 Å². The Bertz CT molecular complexity index is 529. The maximum Gasteiger partial charge on any atom is 0.341 e. The monoisotopic (exact) mass is 355 g/mol. The van der Waals surface area contributed by atoms with Crippen molar-refractivity contribution < 1.29 is 19.4 Å². The first-order chi connectivity index (χ1) is 11.0. The third-order valence-electron chi connectivity index (χ3n) is 3.42. The van der Waals surface area contributed by atoms with Gasteiger partial charge in [0.05, 0.1) is 0 Å². The van der Waals surface area contributed by atoms with E-state index in [1.54, 1.807) is 17.0 Å². The second kappa shape index (κ2) is 9.08. The zero-order valence-electron chi connectivity index (χ0n) is 13.1. The van der Waals surface area contributed by atoms with Crippen molar-refractivity contribution >= 4 is 35.4 Å². The molecule has 0 saturated carbocycles. The molecule has 126 valence electrons. The van der Waals surface area contributed by atoms with E-state index in [2.05, 4.69) is 0 Å². The van der Waals surface area contributed by atoms with Gasteiger partial charge in [0.1, 0.15) is 5.75 Å². The Balaban J connectivity index is 1.80. The molecule has 1 aromatic carbocycles. The lowest BCUT2D eigenvalue weighted by atomic mass is 10.2. The first-order valence-electron chi connectivity index (χ1n) is 7.41. The lowest BCUT2D eigenvalue weighted by molar-refractivity contribution is -0.139. The molecule has 1 N–H and O–H groups in total. The Morgan fingerprint density at radius 3 is 2.65 bits per heavy atom. The van der Waals surface area contributed by atoms with Gasteiger partial charge in [0.2, 0.25) is 5.91 Å². The van der Waals surface area contributed by atoms with Gasteiger partial charge < -0.3 is 14.7 Å². The molecule has 0 aliphatic carbocycles. The average molecular weight is 355 g/mol. The van der Waals surface area contributed by atoms with Gasteiger partial charge in [0, 0.05) is 42.5 Å². The lowest BCUT2D eigenvalue weighted by Crippen LogP contribution is -2.30. The minimum absolute atomic E-state index is 0.163. The van der Waals surface area contributed by atoms with Crippen LogP contribution in [0.2, 0.25) is 0 Å². The van der Waals surface area contributed by atoms with Crippen molar-refractivity contribution in [3.05, 3.63) is 29.8 Å². The van der Waals surface area contributed by atoms with Gasteiger partial charge in [-0.05, 0) is 17.7 Å². The second-order valence-corrected chi connectivity index (χ2v) is 7.91. The Morgan fingerprint density at radius 1 is 1.30 bits per heavy atom. The molecule has 1 atom stereocenters. The van der Waals surface area contributed by atoms with Crippen molar-refractivity contribution in [1.82, 2.24) is 4.90 Å². The number of thioether (sulfide) groups is 2. The number of hydrogen-bond acceptors (Lipinski definition) is 5. The molecular weight excluding hydrogens is 334 g/mol. The van der Waals surface area contributed by atoms with Crippen molar-refractivity contribution in [3.63, 3.8) is 0 Å². The third kappa shape index (κ3) is 6.35. The fourth-order valence-corrected chi connectivity index (χ4v) is 4.87. The largest absolute Gasteiger partial charge is 0.482 e. The first-order valence-corrected chi connectivity index (χ1v) is 9.62. The summed E-state index contributed by atoms with van der Waals surface area (Å²) in [4.78, 5) is 24.5. The molecule has 1 aromatic rings. The Kier molecular flexibility index (Phi) is 7.11. The van der Waals surface area contributed by atoms with Gasteiger partial charge in [-0.1, -0.05) is 12.1 Å². The summed E-state index contributed by atoms with van der Waals surface area (Å²) in [5.74, 6) is 3.04. The molecule has 1 saturated heterocycles. The fraction of sp³-hybridized carbons (Fsp3) is 0.500. The highest BCUT2D eigenvalue weighted by Gasteiger charge is 2.20.